The van der Waals surface area contributed by atoms with Gasteiger partial charge in [0.05, 0.1) is 6.61 Å². The van der Waals surface area contributed by atoms with Crippen molar-refractivity contribution in [3.05, 3.63) is 29.3 Å². The van der Waals surface area contributed by atoms with Crippen molar-refractivity contribution in [2.45, 2.75) is 17.9 Å². The molecule has 0 bridgehead atoms. The third-order valence-corrected chi connectivity index (χ3v) is 4.94. The minimum Gasteiger partial charge on any atom is -0.477 e. The predicted octanol–water partition coefficient (Wildman–Crippen LogP) is 1.32. The Hall–Kier alpha value is -1.58. The van der Waals surface area contributed by atoms with E-state index in [9.17, 15) is 22.0 Å². The fourth-order valence-electron chi connectivity index (χ4n) is 1.67. The fraction of sp³-hybridized carbons (Fsp3) is 0.417. The van der Waals surface area contributed by atoms with E-state index in [2.05, 4.69) is 0 Å². The van der Waals surface area contributed by atoms with Gasteiger partial charge in [-0.05, 0) is 19.1 Å². The van der Waals surface area contributed by atoms with Crippen molar-refractivity contribution in [2.75, 3.05) is 20.8 Å². The van der Waals surface area contributed by atoms with Gasteiger partial charge in [-0.2, -0.15) is 4.31 Å². The summed E-state index contributed by atoms with van der Waals surface area (Å²) < 4.78 is 57.5. The molecule has 0 spiro atoms. The molecule has 0 saturated heterocycles. The van der Waals surface area contributed by atoms with Gasteiger partial charge in [-0.3, -0.25) is 0 Å². The summed E-state index contributed by atoms with van der Waals surface area (Å²) in [5.41, 5.74) is -1.30. The van der Waals surface area contributed by atoms with Gasteiger partial charge in [0, 0.05) is 20.2 Å². The lowest BCUT2D eigenvalue weighted by molar-refractivity contribution is 0.0685. The summed E-state index contributed by atoms with van der Waals surface area (Å²) in [6, 6.07) is 0.689. The minimum atomic E-state index is -4.32. The summed E-state index contributed by atoms with van der Waals surface area (Å²) >= 11 is 0. The van der Waals surface area contributed by atoms with Crippen LogP contribution in [0.25, 0.3) is 0 Å². The first-order chi connectivity index (χ1) is 9.64. The molecular weight excluding hydrogens is 308 g/mol. The Labute approximate surface area is 121 Å². The van der Waals surface area contributed by atoms with Crippen LogP contribution in [-0.4, -0.2) is 50.6 Å². The molecule has 9 heteroatoms. The Bertz CT molecular complexity index is 647. The van der Waals surface area contributed by atoms with Crippen LogP contribution in [-0.2, 0) is 14.8 Å². The highest BCUT2D eigenvalue weighted by molar-refractivity contribution is 7.89. The number of nitrogens with zero attached hydrogens (tertiary/aromatic N) is 1. The van der Waals surface area contributed by atoms with Gasteiger partial charge in [-0.25, -0.2) is 22.0 Å². The van der Waals surface area contributed by atoms with E-state index in [-0.39, 0.29) is 6.61 Å². The van der Waals surface area contributed by atoms with E-state index in [0.717, 1.165) is 4.31 Å². The molecule has 1 atom stereocenters. The standard InChI is InChI=1S/C12H15F2NO5S/c1-7(6-20-3)15(2)21(18,19)9-5-4-8(13)10(11(9)14)12(16)17/h4-5,7H,6H2,1-3H3,(H,16,17). The first-order valence-electron chi connectivity index (χ1n) is 5.82. The van der Waals surface area contributed by atoms with Gasteiger partial charge >= 0.3 is 5.97 Å². The number of rotatable bonds is 6. The number of likely N-dealkylation sites (N-methyl/N-ethyl adjacent to an activating group) is 1. The highest BCUT2D eigenvalue weighted by atomic mass is 32.2. The van der Waals surface area contributed by atoms with Gasteiger partial charge in [0.1, 0.15) is 16.3 Å². The predicted molar refractivity (Wildman–Crippen MR) is 69.6 cm³/mol. The molecule has 0 aliphatic carbocycles. The van der Waals surface area contributed by atoms with Crippen LogP contribution in [0.2, 0.25) is 0 Å². The summed E-state index contributed by atoms with van der Waals surface area (Å²) in [6.07, 6.45) is 0. The van der Waals surface area contributed by atoms with Crippen molar-refractivity contribution >= 4 is 16.0 Å². The number of hydrogen-bond donors (Lipinski definition) is 1. The second-order valence-corrected chi connectivity index (χ2v) is 6.33. The number of carbonyl (C=O) groups is 1. The topological polar surface area (TPSA) is 83.9 Å². The van der Waals surface area contributed by atoms with Crippen molar-refractivity contribution in [3.63, 3.8) is 0 Å². The van der Waals surface area contributed by atoms with Crippen LogP contribution in [0.5, 0.6) is 0 Å². The lowest BCUT2D eigenvalue weighted by atomic mass is 10.2. The second kappa shape index (κ2) is 6.46. The van der Waals surface area contributed by atoms with Crippen molar-refractivity contribution in [1.29, 1.82) is 0 Å². The molecule has 1 aromatic rings. The van der Waals surface area contributed by atoms with E-state index in [1.807, 2.05) is 0 Å². The maximum atomic E-state index is 14.0. The van der Waals surface area contributed by atoms with E-state index in [4.69, 9.17) is 9.84 Å². The van der Waals surface area contributed by atoms with E-state index >= 15 is 0 Å². The van der Waals surface area contributed by atoms with E-state index in [1.165, 1.54) is 21.1 Å². The molecule has 0 aromatic heterocycles. The lowest BCUT2D eigenvalue weighted by Gasteiger charge is -2.24. The third kappa shape index (κ3) is 3.36. The number of halogens is 2. The number of carboxylic acids is 1. The highest BCUT2D eigenvalue weighted by Gasteiger charge is 2.31. The van der Waals surface area contributed by atoms with Gasteiger partial charge < -0.3 is 9.84 Å². The molecule has 118 valence electrons. The summed E-state index contributed by atoms with van der Waals surface area (Å²) in [5, 5.41) is 8.76. The highest BCUT2D eigenvalue weighted by Crippen LogP contribution is 2.24. The molecule has 1 unspecified atom stereocenters. The Morgan fingerprint density at radius 2 is 2.00 bits per heavy atom. The number of methoxy groups -OCH3 is 1. The SMILES string of the molecule is COCC(C)N(C)S(=O)(=O)c1ccc(F)c(C(=O)O)c1F. The van der Waals surface area contributed by atoms with E-state index in [0.29, 0.717) is 12.1 Å². The van der Waals surface area contributed by atoms with Gasteiger partial charge in [-0.15, -0.1) is 0 Å². The first-order valence-corrected chi connectivity index (χ1v) is 7.26. The van der Waals surface area contributed by atoms with Gasteiger partial charge in [0.15, 0.2) is 5.82 Å². The number of benzene rings is 1. The zero-order valence-corrected chi connectivity index (χ0v) is 12.4. The lowest BCUT2D eigenvalue weighted by Crippen LogP contribution is -2.38. The number of sulfonamides is 1. The van der Waals surface area contributed by atoms with Crippen molar-refractivity contribution in [1.82, 2.24) is 4.31 Å². The van der Waals surface area contributed by atoms with Crippen molar-refractivity contribution in [2.24, 2.45) is 0 Å². The van der Waals surface area contributed by atoms with Gasteiger partial charge in [0.25, 0.3) is 0 Å². The van der Waals surface area contributed by atoms with Crippen LogP contribution in [0.3, 0.4) is 0 Å². The summed E-state index contributed by atoms with van der Waals surface area (Å²) in [7, 11) is -1.75. The Kier molecular flexibility index (Phi) is 5.37. The number of ether oxygens (including phenoxy) is 1. The second-order valence-electron chi connectivity index (χ2n) is 4.37. The molecule has 0 fully saturated rings. The van der Waals surface area contributed by atoms with Crippen LogP contribution >= 0.6 is 0 Å². The number of aromatic carboxylic acids is 1. The molecule has 1 N–H and O–H groups in total. The fourth-order valence-corrected chi connectivity index (χ4v) is 3.08. The smallest absolute Gasteiger partial charge is 0.341 e. The first kappa shape index (κ1) is 17.5. The Morgan fingerprint density at radius 3 is 2.48 bits per heavy atom. The van der Waals surface area contributed by atoms with E-state index in [1.54, 1.807) is 0 Å². The van der Waals surface area contributed by atoms with Crippen LogP contribution in [0.15, 0.2) is 17.0 Å². The summed E-state index contributed by atoms with van der Waals surface area (Å²) in [4.78, 5) is 9.92. The Balaban J connectivity index is 3.40. The molecule has 0 radical (unpaired) electrons. The zero-order chi connectivity index (χ0) is 16.4. The molecule has 1 aromatic carbocycles. The molecule has 6 nitrogen and oxygen atoms in total. The van der Waals surface area contributed by atoms with Gasteiger partial charge in [-0.1, -0.05) is 0 Å². The van der Waals surface area contributed by atoms with Crippen molar-refractivity contribution in [3.8, 4) is 0 Å². The number of hydrogen-bond acceptors (Lipinski definition) is 4. The van der Waals surface area contributed by atoms with Crippen LogP contribution in [0, 0.1) is 11.6 Å². The largest absolute Gasteiger partial charge is 0.477 e. The molecule has 0 aliphatic heterocycles. The van der Waals surface area contributed by atoms with Crippen molar-refractivity contribution < 1.29 is 31.8 Å². The minimum absolute atomic E-state index is 0.0599. The average molecular weight is 323 g/mol. The monoisotopic (exact) mass is 323 g/mol. The maximum Gasteiger partial charge on any atom is 0.341 e. The van der Waals surface area contributed by atoms with Crippen LogP contribution in [0.4, 0.5) is 8.78 Å². The maximum absolute atomic E-state index is 14.0. The zero-order valence-electron chi connectivity index (χ0n) is 11.6. The van der Waals surface area contributed by atoms with Crippen LogP contribution < -0.4 is 0 Å². The summed E-state index contributed by atoms with van der Waals surface area (Å²) in [6.45, 7) is 1.59. The molecule has 0 aliphatic rings. The molecule has 21 heavy (non-hydrogen) atoms. The van der Waals surface area contributed by atoms with Gasteiger partial charge in [0.2, 0.25) is 10.0 Å². The normalized spacial score (nSPS) is 13.4. The molecule has 1 rings (SSSR count). The Morgan fingerprint density at radius 1 is 1.43 bits per heavy atom. The van der Waals surface area contributed by atoms with Crippen LogP contribution in [0.1, 0.15) is 17.3 Å². The molecular formula is C12H15F2NO5S. The molecule has 0 amide bonds. The van der Waals surface area contributed by atoms with E-state index < -0.39 is 44.1 Å². The molecule has 0 heterocycles. The number of carboxylic acid groups (broad SMARTS) is 1. The molecule has 0 saturated carbocycles. The third-order valence-electron chi connectivity index (χ3n) is 2.96. The quantitative estimate of drug-likeness (QED) is 0.853. The summed E-state index contributed by atoms with van der Waals surface area (Å²) in [5.74, 6) is -4.85. The average Bonchev–Trinajstić information content (AvgIpc) is 2.37.